The van der Waals surface area contributed by atoms with E-state index in [4.69, 9.17) is 23.2 Å². The third kappa shape index (κ3) is 5.38. The van der Waals surface area contributed by atoms with Crippen molar-refractivity contribution in [2.24, 2.45) is 0 Å². The first-order valence-electron chi connectivity index (χ1n) is 5.36. The number of halogens is 3. The van der Waals surface area contributed by atoms with Crippen LogP contribution in [0.15, 0.2) is 18.2 Å². The molecular weight excluding hydrogens is 357 g/mol. The minimum Gasteiger partial charge on any atom is -0.468 e. The Morgan fingerprint density at radius 2 is 2.05 bits per heavy atom. The SMILES string of the molecule is COC(=O)C(Br)CNC(=O)Cc1ccc(Cl)c(Cl)c1. The number of hydrogen-bond acceptors (Lipinski definition) is 3. The van der Waals surface area contributed by atoms with Gasteiger partial charge in [0.1, 0.15) is 4.83 Å². The molecule has 4 nitrogen and oxygen atoms in total. The number of esters is 1. The summed E-state index contributed by atoms with van der Waals surface area (Å²) in [7, 11) is 1.29. The van der Waals surface area contributed by atoms with Crippen molar-refractivity contribution in [2.45, 2.75) is 11.2 Å². The molecule has 1 unspecified atom stereocenters. The zero-order valence-corrected chi connectivity index (χ0v) is 13.2. The van der Waals surface area contributed by atoms with E-state index in [2.05, 4.69) is 26.0 Å². The number of carbonyl (C=O) groups excluding carboxylic acids is 2. The fourth-order valence-corrected chi connectivity index (χ4v) is 1.98. The molecule has 0 spiro atoms. The van der Waals surface area contributed by atoms with Crippen molar-refractivity contribution >= 4 is 51.0 Å². The lowest BCUT2D eigenvalue weighted by molar-refractivity contribution is -0.139. The molecule has 1 aromatic rings. The van der Waals surface area contributed by atoms with Gasteiger partial charge in [-0.3, -0.25) is 9.59 Å². The van der Waals surface area contributed by atoms with Crippen LogP contribution in [0, 0.1) is 0 Å². The summed E-state index contributed by atoms with van der Waals surface area (Å²) in [6, 6.07) is 4.99. The minimum atomic E-state index is -0.560. The summed E-state index contributed by atoms with van der Waals surface area (Å²) in [5.41, 5.74) is 0.746. The zero-order valence-electron chi connectivity index (χ0n) is 10.1. The standard InChI is InChI=1S/C12H12BrCl2NO3/c1-19-12(18)8(13)6-16-11(17)5-7-2-3-9(14)10(15)4-7/h2-4,8H,5-6H2,1H3,(H,16,17). The van der Waals surface area contributed by atoms with E-state index in [0.29, 0.717) is 10.0 Å². The summed E-state index contributed by atoms with van der Waals surface area (Å²) in [6.07, 6.45) is 0.164. The highest BCUT2D eigenvalue weighted by Gasteiger charge is 2.16. The Balaban J connectivity index is 2.47. The second kappa shape index (κ2) is 7.72. The molecule has 1 amide bonds. The van der Waals surface area contributed by atoms with Crippen molar-refractivity contribution in [1.29, 1.82) is 0 Å². The lowest BCUT2D eigenvalue weighted by Crippen LogP contribution is -2.34. The van der Waals surface area contributed by atoms with Gasteiger partial charge in [-0.2, -0.15) is 0 Å². The molecule has 0 heterocycles. The Labute approximate surface area is 129 Å². The molecule has 104 valence electrons. The third-order valence-corrected chi connectivity index (χ3v) is 3.72. The summed E-state index contributed by atoms with van der Waals surface area (Å²) in [6.45, 7) is 0.160. The fourth-order valence-electron chi connectivity index (χ4n) is 1.31. The van der Waals surface area contributed by atoms with Gasteiger partial charge in [0, 0.05) is 6.54 Å². The molecule has 1 rings (SSSR count). The summed E-state index contributed by atoms with van der Waals surface area (Å²) < 4.78 is 4.52. The summed E-state index contributed by atoms with van der Waals surface area (Å²) in [5.74, 6) is -0.651. The Morgan fingerprint density at radius 1 is 1.37 bits per heavy atom. The number of methoxy groups -OCH3 is 1. The Bertz CT molecular complexity index is 482. The van der Waals surface area contributed by atoms with Crippen molar-refractivity contribution < 1.29 is 14.3 Å². The van der Waals surface area contributed by atoms with E-state index >= 15 is 0 Å². The van der Waals surface area contributed by atoms with Crippen molar-refractivity contribution in [2.75, 3.05) is 13.7 Å². The van der Waals surface area contributed by atoms with Gasteiger partial charge in [0.15, 0.2) is 0 Å². The maximum absolute atomic E-state index is 11.7. The van der Waals surface area contributed by atoms with E-state index < -0.39 is 10.8 Å². The van der Waals surface area contributed by atoms with Gasteiger partial charge in [-0.05, 0) is 17.7 Å². The maximum atomic E-state index is 11.7. The van der Waals surface area contributed by atoms with Crippen LogP contribution < -0.4 is 5.32 Å². The first-order chi connectivity index (χ1) is 8.93. The number of carbonyl (C=O) groups is 2. The number of hydrogen-bond donors (Lipinski definition) is 1. The summed E-state index contributed by atoms with van der Waals surface area (Å²) >= 11 is 14.7. The number of nitrogens with one attached hydrogen (secondary N) is 1. The lowest BCUT2D eigenvalue weighted by atomic mass is 10.1. The van der Waals surface area contributed by atoms with Crippen molar-refractivity contribution in [1.82, 2.24) is 5.32 Å². The van der Waals surface area contributed by atoms with Gasteiger partial charge in [0.05, 0.1) is 23.6 Å². The van der Waals surface area contributed by atoms with Gasteiger partial charge >= 0.3 is 5.97 Å². The zero-order chi connectivity index (χ0) is 14.4. The Morgan fingerprint density at radius 3 is 2.63 bits per heavy atom. The number of benzene rings is 1. The van der Waals surface area contributed by atoms with Crippen LogP contribution in [0.3, 0.4) is 0 Å². The second-order valence-corrected chi connectivity index (χ2v) is 5.64. The molecule has 19 heavy (non-hydrogen) atoms. The van der Waals surface area contributed by atoms with Gasteiger partial charge in [0.25, 0.3) is 0 Å². The summed E-state index contributed by atoms with van der Waals surface area (Å²) in [5, 5.41) is 3.46. The van der Waals surface area contributed by atoms with E-state index in [-0.39, 0.29) is 18.9 Å². The van der Waals surface area contributed by atoms with Crippen LogP contribution in [0.2, 0.25) is 10.0 Å². The third-order valence-electron chi connectivity index (χ3n) is 2.28. The number of ether oxygens (including phenoxy) is 1. The Kier molecular flexibility index (Phi) is 6.62. The van der Waals surface area contributed by atoms with Crippen LogP contribution in [0.5, 0.6) is 0 Å². The molecule has 0 fully saturated rings. The Hall–Kier alpha value is -0.780. The van der Waals surface area contributed by atoms with E-state index in [1.807, 2.05) is 0 Å². The molecule has 0 aliphatic heterocycles. The van der Waals surface area contributed by atoms with E-state index in [1.54, 1.807) is 18.2 Å². The normalized spacial score (nSPS) is 11.8. The lowest BCUT2D eigenvalue weighted by Gasteiger charge is -2.09. The molecule has 0 saturated carbocycles. The van der Waals surface area contributed by atoms with Crippen molar-refractivity contribution in [3.8, 4) is 0 Å². The van der Waals surface area contributed by atoms with Crippen molar-refractivity contribution in [3.63, 3.8) is 0 Å². The first-order valence-corrected chi connectivity index (χ1v) is 7.03. The van der Waals surface area contributed by atoms with Gasteiger partial charge < -0.3 is 10.1 Å². The van der Waals surface area contributed by atoms with Crippen LogP contribution in [-0.2, 0) is 20.7 Å². The highest BCUT2D eigenvalue weighted by Crippen LogP contribution is 2.22. The van der Waals surface area contributed by atoms with Gasteiger partial charge in [0.2, 0.25) is 5.91 Å². The maximum Gasteiger partial charge on any atom is 0.321 e. The quantitative estimate of drug-likeness (QED) is 0.642. The van der Waals surface area contributed by atoms with E-state index in [1.165, 1.54) is 7.11 Å². The number of rotatable bonds is 5. The molecule has 7 heteroatoms. The molecule has 0 aromatic heterocycles. The molecule has 1 N–H and O–H groups in total. The molecule has 1 aromatic carbocycles. The number of amides is 1. The molecule has 0 saturated heterocycles. The molecule has 0 bridgehead atoms. The average Bonchev–Trinajstić information content (AvgIpc) is 2.39. The number of alkyl halides is 1. The van der Waals surface area contributed by atoms with Crippen LogP contribution in [-0.4, -0.2) is 30.4 Å². The van der Waals surface area contributed by atoms with Gasteiger partial charge in [-0.1, -0.05) is 45.2 Å². The van der Waals surface area contributed by atoms with Crippen molar-refractivity contribution in [3.05, 3.63) is 33.8 Å². The monoisotopic (exact) mass is 367 g/mol. The van der Waals surface area contributed by atoms with Gasteiger partial charge in [-0.15, -0.1) is 0 Å². The topological polar surface area (TPSA) is 55.4 Å². The second-order valence-electron chi connectivity index (χ2n) is 3.72. The first kappa shape index (κ1) is 16.3. The molecule has 0 aliphatic carbocycles. The predicted octanol–water partition coefficient (Wildman–Crippen LogP) is 2.59. The highest BCUT2D eigenvalue weighted by atomic mass is 79.9. The van der Waals surface area contributed by atoms with Crippen LogP contribution in [0.4, 0.5) is 0 Å². The van der Waals surface area contributed by atoms with E-state index in [9.17, 15) is 9.59 Å². The molecule has 1 atom stereocenters. The van der Waals surface area contributed by atoms with Crippen LogP contribution in [0.1, 0.15) is 5.56 Å². The molecular formula is C12H12BrCl2NO3. The fraction of sp³-hybridized carbons (Fsp3) is 0.333. The molecule has 0 aliphatic rings. The highest BCUT2D eigenvalue weighted by molar-refractivity contribution is 9.10. The molecule has 0 radical (unpaired) electrons. The largest absolute Gasteiger partial charge is 0.468 e. The summed E-state index contributed by atoms with van der Waals surface area (Å²) in [4.78, 5) is 22.2. The smallest absolute Gasteiger partial charge is 0.321 e. The average molecular weight is 369 g/mol. The van der Waals surface area contributed by atoms with E-state index in [0.717, 1.165) is 5.56 Å². The van der Waals surface area contributed by atoms with Gasteiger partial charge in [-0.25, -0.2) is 0 Å². The predicted molar refractivity (Wildman–Crippen MR) is 77.9 cm³/mol. The van der Waals surface area contributed by atoms with Crippen LogP contribution in [0.25, 0.3) is 0 Å². The minimum absolute atomic E-state index is 0.160. The van der Waals surface area contributed by atoms with Crippen LogP contribution >= 0.6 is 39.1 Å².